The minimum atomic E-state index is -0.241. The van der Waals surface area contributed by atoms with Crippen LogP contribution < -0.4 is 10.6 Å². The first-order chi connectivity index (χ1) is 8.65. The van der Waals surface area contributed by atoms with Crippen molar-refractivity contribution in [2.45, 2.75) is 38.1 Å². The van der Waals surface area contributed by atoms with Gasteiger partial charge < -0.3 is 15.7 Å². The van der Waals surface area contributed by atoms with Gasteiger partial charge in [0.25, 0.3) is 0 Å². The summed E-state index contributed by atoms with van der Waals surface area (Å²) < 4.78 is 0. The van der Waals surface area contributed by atoms with Crippen molar-refractivity contribution < 1.29 is 9.90 Å². The molecule has 0 radical (unpaired) electrons. The van der Waals surface area contributed by atoms with Gasteiger partial charge in [-0.25, -0.2) is 4.79 Å². The molecule has 1 aliphatic carbocycles. The molecule has 0 spiro atoms. The van der Waals surface area contributed by atoms with Crippen LogP contribution in [0.5, 0.6) is 5.75 Å². The number of hydrogen-bond acceptors (Lipinski definition) is 2. The second-order valence-corrected chi connectivity index (χ2v) is 5.00. The molecule has 0 aromatic heterocycles. The Bertz CT molecular complexity index is 431. The van der Waals surface area contributed by atoms with E-state index in [1.807, 2.05) is 0 Å². The second kappa shape index (κ2) is 5.96. The van der Waals surface area contributed by atoms with Crippen LogP contribution in [0.25, 0.3) is 0 Å². The molecule has 1 saturated carbocycles. The van der Waals surface area contributed by atoms with Crippen LogP contribution in [0.4, 0.5) is 10.5 Å². The summed E-state index contributed by atoms with van der Waals surface area (Å²) in [6.07, 6.45) is 5.67. The third-order valence-corrected chi connectivity index (χ3v) is 3.45. The van der Waals surface area contributed by atoms with Crippen molar-refractivity contribution in [3.8, 4) is 5.75 Å². The lowest BCUT2D eigenvalue weighted by molar-refractivity contribution is 0.244. The molecular weight excluding hydrogens is 252 g/mol. The zero-order valence-electron chi connectivity index (χ0n) is 10.1. The van der Waals surface area contributed by atoms with Crippen LogP contribution >= 0.6 is 11.6 Å². The van der Waals surface area contributed by atoms with Crippen LogP contribution in [-0.4, -0.2) is 17.2 Å². The first-order valence-electron chi connectivity index (χ1n) is 6.21. The summed E-state index contributed by atoms with van der Waals surface area (Å²) in [4.78, 5) is 11.8. The number of phenolic OH excluding ortho intramolecular Hbond substituents is 1. The summed E-state index contributed by atoms with van der Waals surface area (Å²) in [5.74, 6) is 0.0817. The molecule has 1 fully saturated rings. The predicted molar refractivity (Wildman–Crippen MR) is 72.1 cm³/mol. The number of phenols is 1. The quantitative estimate of drug-likeness (QED) is 0.719. The highest BCUT2D eigenvalue weighted by atomic mass is 35.5. The topological polar surface area (TPSA) is 61.4 Å². The van der Waals surface area contributed by atoms with E-state index in [2.05, 4.69) is 10.6 Å². The number of hydrogen-bond donors (Lipinski definition) is 3. The highest BCUT2D eigenvalue weighted by Crippen LogP contribution is 2.26. The van der Waals surface area contributed by atoms with Crippen LogP contribution in [0.3, 0.4) is 0 Å². The summed E-state index contributed by atoms with van der Waals surface area (Å²) in [5, 5.41) is 15.2. The zero-order chi connectivity index (χ0) is 13.0. The summed E-state index contributed by atoms with van der Waals surface area (Å²) in [6.45, 7) is 0. The highest BCUT2D eigenvalue weighted by molar-refractivity contribution is 6.33. The monoisotopic (exact) mass is 268 g/mol. The minimum Gasteiger partial charge on any atom is -0.508 e. The first-order valence-corrected chi connectivity index (χ1v) is 6.59. The molecule has 3 N–H and O–H groups in total. The molecule has 98 valence electrons. The van der Waals surface area contributed by atoms with Crippen molar-refractivity contribution in [2.75, 3.05) is 5.32 Å². The Hall–Kier alpha value is -1.42. The Balaban J connectivity index is 1.90. The van der Waals surface area contributed by atoms with Gasteiger partial charge in [-0.15, -0.1) is 0 Å². The molecule has 1 aromatic carbocycles. The van der Waals surface area contributed by atoms with E-state index in [0.717, 1.165) is 12.8 Å². The molecule has 4 nitrogen and oxygen atoms in total. The van der Waals surface area contributed by atoms with Gasteiger partial charge in [-0.05, 0) is 25.0 Å². The number of amides is 2. The molecule has 0 atom stereocenters. The fourth-order valence-corrected chi connectivity index (χ4v) is 2.42. The van der Waals surface area contributed by atoms with Gasteiger partial charge in [-0.2, -0.15) is 0 Å². The standard InChI is InChI=1S/C13H17ClN2O2/c14-11-8-10(17)6-7-12(11)16-13(18)15-9-4-2-1-3-5-9/h6-9,17H,1-5H2,(H2,15,16,18). The lowest BCUT2D eigenvalue weighted by Crippen LogP contribution is -2.39. The van der Waals surface area contributed by atoms with Crippen molar-refractivity contribution in [3.05, 3.63) is 23.2 Å². The normalized spacial score (nSPS) is 16.3. The molecule has 0 aliphatic heterocycles. The van der Waals surface area contributed by atoms with Crippen molar-refractivity contribution in [3.63, 3.8) is 0 Å². The third-order valence-electron chi connectivity index (χ3n) is 3.14. The van der Waals surface area contributed by atoms with E-state index in [1.165, 1.54) is 31.4 Å². The molecule has 1 aromatic rings. The fourth-order valence-electron chi connectivity index (χ4n) is 2.20. The third kappa shape index (κ3) is 3.53. The van der Waals surface area contributed by atoms with Gasteiger partial charge in [-0.3, -0.25) is 0 Å². The maximum atomic E-state index is 11.8. The number of benzene rings is 1. The van der Waals surface area contributed by atoms with Crippen LogP contribution in [0.2, 0.25) is 5.02 Å². The molecular formula is C13H17ClN2O2. The van der Waals surface area contributed by atoms with Crippen molar-refractivity contribution >= 4 is 23.3 Å². The average Bonchev–Trinajstić information content (AvgIpc) is 2.34. The second-order valence-electron chi connectivity index (χ2n) is 4.60. The van der Waals surface area contributed by atoms with Crippen LogP contribution in [-0.2, 0) is 0 Å². The Morgan fingerprint density at radius 1 is 1.28 bits per heavy atom. The van der Waals surface area contributed by atoms with E-state index in [0.29, 0.717) is 10.7 Å². The van der Waals surface area contributed by atoms with Crippen molar-refractivity contribution in [1.29, 1.82) is 0 Å². The van der Waals surface area contributed by atoms with Gasteiger partial charge in [0.1, 0.15) is 5.75 Å². The number of rotatable bonds is 2. The van der Waals surface area contributed by atoms with E-state index in [1.54, 1.807) is 6.07 Å². The molecule has 0 unspecified atom stereocenters. The lowest BCUT2D eigenvalue weighted by atomic mass is 9.96. The van der Waals surface area contributed by atoms with E-state index < -0.39 is 0 Å². The number of carbonyl (C=O) groups is 1. The molecule has 0 bridgehead atoms. The van der Waals surface area contributed by atoms with Gasteiger partial charge in [-0.1, -0.05) is 30.9 Å². The average molecular weight is 269 g/mol. The molecule has 2 amide bonds. The summed E-state index contributed by atoms with van der Waals surface area (Å²) in [7, 11) is 0. The number of carbonyl (C=O) groups excluding carboxylic acids is 1. The molecule has 0 saturated heterocycles. The number of urea groups is 1. The summed E-state index contributed by atoms with van der Waals surface area (Å²) in [5.41, 5.74) is 0.503. The fraction of sp³-hybridized carbons (Fsp3) is 0.462. The Morgan fingerprint density at radius 3 is 2.67 bits per heavy atom. The Labute approximate surface area is 111 Å². The molecule has 1 aliphatic rings. The zero-order valence-corrected chi connectivity index (χ0v) is 10.8. The van der Waals surface area contributed by atoms with E-state index >= 15 is 0 Å². The predicted octanol–water partition coefficient (Wildman–Crippen LogP) is 3.50. The number of anilines is 1. The van der Waals surface area contributed by atoms with Crippen LogP contribution in [0, 0.1) is 0 Å². The summed E-state index contributed by atoms with van der Waals surface area (Å²) >= 11 is 5.91. The van der Waals surface area contributed by atoms with Gasteiger partial charge >= 0.3 is 6.03 Å². The molecule has 5 heteroatoms. The smallest absolute Gasteiger partial charge is 0.319 e. The highest BCUT2D eigenvalue weighted by Gasteiger charge is 2.16. The maximum absolute atomic E-state index is 11.8. The minimum absolute atomic E-state index is 0.0817. The van der Waals surface area contributed by atoms with Gasteiger partial charge in [0, 0.05) is 12.1 Å². The molecule has 18 heavy (non-hydrogen) atoms. The summed E-state index contributed by atoms with van der Waals surface area (Å²) in [6, 6.07) is 4.49. The molecule has 0 heterocycles. The Morgan fingerprint density at radius 2 is 2.00 bits per heavy atom. The van der Waals surface area contributed by atoms with Crippen LogP contribution in [0.15, 0.2) is 18.2 Å². The van der Waals surface area contributed by atoms with Gasteiger partial charge in [0.2, 0.25) is 0 Å². The number of halogens is 1. The first kappa shape index (κ1) is 13.0. The van der Waals surface area contributed by atoms with Crippen molar-refractivity contribution in [1.82, 2.24) is 5.32 Å². The van der Waals surface area contributed by atoms with E-state index in [4.69, 9.17) is 11.6 Å². The van der Waals surface area contributed by atoms with E-state index in [-0.39, 0.29) is 17.8 Å². The maximum Gasteiger partial charge on any atom is 0.319 e. The largest absolute Gasteiger partial charge is 0.508 e. The van der Waals surface area contributed by atoms with E-state index in [9.17, 15) is 9.90 Å². The van der Waals surface area contributed by atoms with Gasteiger partial charge in [0.15, 0.2) is 0 Å². The molecule has 2 rings (SSSR count). The van der Waals surface area contributed by atoms with Gasteiger partial charge in [0.05, 0.1) is 10.7 Å². The SMILES string of the molecule is O=C(Nc1ccc(O)cc1Cl)NC1CCCCC1. The van der Waals surface area contributed by atoms with Crippen LogP contribution in [0.1, 0.15) is 32.1 Å². The number of nitrogens with one attached hydrogen (secondary N) is 2. The van der Waals surface area contributed by atoms with Crippen molar-refractivity contribution in [2.24, 2.45) is 0 Å². The lowest BCUT2D eigenvalue weighted by Gasteiger charge is -2.23. The number of aromatic hydroxyl groups is 1. The Kier molecular flexibility index (Phi) is 4.31.